The van der Waals surface area contributed by atoms with Gasteiger partial charge in [0.1, 0.15) is 11.5 Å². The van der Waals surface area contributed by atoms with E-state index in [-0.39, 0.29) is 11.5 Å². The van der Waals surface area contributed by atoms with Gasteiger partial charge < -0.3 is 9.47 Å². The molecule has 8 heteroatoms. The Bertz CT molecular complexity index is 723. The van der Waals surface area contributed by atoms with Crippen molar-refractivity contribution in [3.8, 4) is 11.8 Å². The molecule has 1 aromatic rings. The molecule has 1 atom stereocenters. The van der Waals surface area contributed by atoms with Gasteiger partial charge in [0.15, 0.2) is 0 Å². The van der Waals surface area contributed by atoms with Gasteiger partial charge in [-0.15, -0.1) is 5.11 Å². The van der Waals surface area contributed by atoms with Crippen LogP contribution < -0.4 is 9.47 Å². The molecule has 0 aromatic carbocycles. The number of fused-ring (bicyclic) bond motifs is 1. The van der Waals surface area contributed by atoms with E-state index in [1.54, 1.807) is 13.3 Å². The van der Waals surface area contributed by atoms with Crippen LogP contribution in [-0.4, -0.2) is 34.7 Å². The Morgan fingerprint density at radius 2 is 2.04 bits per heavy atom. The molecule has 7 nitrogen and oxygen atoms in total. The van der Waals surface area contributed by atoms with Gasteiger partial charge in [0.05, 0.1) is 30.0 Å². The predicted octanol–water partition coefficient (Wildman–Crippen LogP) is 3.86. The molecule has 1 aromatic heterocycles. The highest BCUT2D eigenvalue weighted by molar-refractivity contribution is 9.12. The number of halogens is 1. The number of allylic oxidation sites excluding steroid dienone is 1. The second kappa shape index (κ2) is 6.51. The Morgan fingerprint density at radius 3 is 2.75 bits per heavy atom. The Kier molecular flexibility index (Phi) is 4.58. The van der Waals surface area contributed by atoms with Gasteiger partial charge in [-0.25, -0.2) is 0 Å². The van der Waals surface area contributed by atoms with E-state index in [0.717, 1.165) is 23.1 Å². The smallest absolute Gasteiger partial charge is 0.241 e. The second-order valence-corrected chi connectivity index (χ2v) is 7.66. The van der Waals surface area contributed by atoms with Crippen molar-refractivity contribution in [3.63, 3.8) is 0 Å². The summed E-state index contributed by atoms with van der Waals surface area (Å²) in [7, 11) is 1.54. The van der Waals surface area contributed by atoms with E-state index < -0.39 is 0 Å². The summed E-state index contributed by atoms with van der Waals surface area (Å²) in [5.74, 6) is 1.45. The van der Waals surface area contributed by atoms with E-state index in [0.29, 0.717) is 17.5 Å². The van der Waals surface area contributed by atoms with Gasteiger partial charge in [0, 0.05) is 6.54 Å². The maximum atomic E-state index is 5.84. The third-order valence-corrected chi connectivity index (χ3v) is 4.36. The van der Waals surface area contributed by atoms with Crippen LogP contribution in [0.3, 0.4) is 0 Å². The standard InChI is InChI=1S/C16H20BrN5O2/c1-16(2,3)9-22-10-5-6-11(14(17)15(10)20-21-22)24-13-8-18-7-12(19-13)23-4/h6-8,10H,5,9H2,1-4H3. The fourth-order valence-corrected chi connectivity index (χ4v) is 3.13. The maximum Gasteiger partial charge on any atom is 0.241 e. The molecule has 0 saturated heterocycles. The maximum absolute atomic E-state index is 5.84. The predicted molar refractivity (Wildman–Crippen MR) is 92.7 cm³/mol. The second-order valence-electron chi connectivity index (χ2n) is 6.87. The van der Waals surface area contributed by atoms with Crippen LogP contribution in [0.25, 0.3) is 0 Å². The molecular weight excluding hydrogens is 374 g/mol. The zero-order chi connectivity index (χ0) is 17.3. The Hall–Kier alpha value is -1.96. The number of methoxy groups -OCH3 is 1. The lowest BCUT2D eigenvalue weighted by Gasteiger charge is -2.30. The summed E-state index contributed by atoms with van der Waals surface area (Å²) in [6, 6.07) is 0.141. The highest BCUT2D eigenvalue weighted by atomic mass is 79.9. The third kappa shape index (κ3) is 3.58. The summed E-state index contributed by atoms with van der Waals surface area (Å²) in [5.41, 5.74) is 1.03. The molecule has 3 rings (SSSR count). The summed E-state index contributed by atoms with van der Waals surface area (Å²) in [6.45, 7) is 7.41. The molecule has 0 N–H and O–H groups in total. The molecule has 1 unspecified atom stereocenters. The highest BCUT2D eigenvalue weighted by Crippen LogP contribution is 2.39. The normalized spacial score (nSPS) is 20.1. The van der Waals surface area contributed by atoms with Gasteiger partial charge in [-0.05, 0) is 33.8 Å². The Labute approximate surface area is 149 Å². The summed E-state index contributed by atoms with van der Waals surface area (Å²) >= 11 is 3.59. The Balaban J connectivity index is 1.76. The van der Waals surface area contributed by atoms with Crippen LogP contribution in [0, 0.1) is 5.41 Å². The van der Waals surface area contributed by atoms with Gasteiger partial charge in [-0.1, -0.05) is 26.0 Å². The minimum absolute atomic E-state index is 0.141. The molecule has 0 spiro atoms. The van der Waals surface area contributed by atoms with Crippen molar-refractivity contribution in [1.82, 2.24) is 15.0 Å². The Morgan fingerprint density at radius 1 is 1.29 bits per heavy atom. The van der Waals surface area contributed by atoms with E-state index in [9.17, 15) is 0 Å². The summed E-state index contributed by atoms with van der Waals surface area (Å²) < 4.78 is 11.7. The fraction of sp³-hybridized carbons (Fsp3) is 0.500. The van der Waals surface area contributed by atoms with E-state index in [4.69, 9.17) is 9.47 Å². The van der Waals surface area contributed by atoms with Crippen LogP contribution in [0.4, 0.5) is 0 Å². The molecule has 0 amide bonds. The lowest BCUT2D eigenvalue weighted by Crippen LogP contribution is -2.35. The molecule has 1 aliphatic heterocycles. The van der Waals surface area contributed by atoms with Gasteiger partial charge in [0.25, 0.3) is 0 Å². The van der Waals surface area contributed by atoms with Crippen molar-refractivity contribution < 1.29 is 9.47 Å². The first kappa shape index (κ1) is 16.9. The molecular formula is C16H20BrN5O2. The number of hydrogen-bond acceptors (Lipinski definition) is 7. The van der Waals surface area contributed by atoms with Crippen LogP contribution in [0.5, 0.6) is 11.8 Å². The van der Waals surface area contributed by atoms with Crippen LogP contribution >= 0.6 is 15.9 Å². The van der Waals surface area contributed by atoms with Crippen molar-refractivity contribution in [2.75, 3.05) is 13.7 Å². The number of rotatable bonds is 4. The van der Waals surface area contributed by atoms with E-state index in [1.165, 1.54) is 6.20 Å². The molecule has 1 aliphatic carbocycles. The van der Waals surface area contributed by atoms with E-state index in [2.05, 4.69) is 57.0 Å². The van der Waals surface area contributed by atoms with Gasteiger partial charge in [0.2, 0.25) is 11.8 Å². The topological polar surface area (TPSA) is 72.2 Å². The van der Waals surface area contributed by atoms with Crippen molar-refractivity contribution in [2.45, 2.75) is 33.2 Å². The molecule has 0 saturated carbocycles. The number of hydrogen-bond donors (Lipinski definition) is 0. The average Bonchev–Trinajstić information content (AvgIpc) is 2.92. The number of aromatic nitrogens is 2. The van der Waals surface area contributed by atoms with Crippen LogP contribution in [0.2, 0.25) is 0 Å². The molecule has 24 heavy (non-hydrogen) atoms. The van der Waals surface area contributed by atoms with Crippen LogP contribution in [-0.2, 0) is 0 Å². The molecule has 0 fully saturated rings. The van der Waals surface area contributed by atoms with Gasteiger partial charge in [-0.2, -0.15) is 4.98 Å². The first-order valence-corrected chi connectivity index (χ1v) is 8.49. The van der Waals surface area contributed by atoms with Crippen LogP contribution in [0.15, 0.2) is 44.7 Å². The summed E-state index contributed by atoms with van der Waals surface area (Å²) in [6.07, 6.45) is 5.87. The first-order chi connectivity index (χ1) is 11.4. The van der Waals surface area contributed by atoms with Gasteiger partial charge in [-0.3, -0.25) is 9.99 Å². The number of nitrogens with zero attached hydrogens (tertiary/aromatic N) is 5. The zero-order valence-corrected chi connectivity index (χ0v) is 15.7. The fourth-order valence-electron chi connectivity index (χ4n) is 2.54. The highest BCUT2D eigenvalue weighted by Gasteiger charge is 2.35. The SMILES string of the molecule is COc1cncc(OC2=CCC3C(=C2Br)N=NN3CC(C)(C)C)n1. The largest absolute Gasteiger partial charge is 0.480 e. The summed E-state index contributed by atoms with van der Waals surface area (Å²) in [5, 5.41) is 10.7. The minimum atomic E-state index is 0.141. The molecule has 2 aliphatic rings. The van der Waals surface area contributed by atoms with E-state index >= 15 is 0 Å². The first-order valence-electron chi connectivity index (χ1n) is 7.70. The third-order valence-electron chi connectivity index (χ3n) is 3.56. The lowest BCUT2D eigenvalue weighted by atomic mass is 9.95. The molecule has 0 bridgehead atoms. The van der Waals surface area contributed by atoms with Crippen molar-refractivity contribution >= 4 is 15.9 Å². The number of ether oxygens (including phenoxy) is 2. The van der Waals surface area contributed by atoms with Crippen molar-refractivity contribution in [3.05, 3.63) is 34.4 Å². The van der Waals surface area contributed by atoms with Crippen molar-refractivity contribution in [2.24, 2.45) is 15.8 Å². The monoisotopic (exact) mass is 393 g/mol. The average molecular weight is 394 g/mol. The van der Waals surface area contributed by atoms with E-state index in [1.807, 2.05) is 11.1 Å². The van der Waals surface area contributed by atoms with Crippen LogP contribution in [0.1, 0.15) is 27.2 Å². The summed E-state index contributed by atoms with van der Waals surface area (Å²) in [4.78, 5) is 8.26. The lowest BCUT2D eigenvalue weighted by molar-refractivity contribution is 0.171. The minimum Gasteiger partial charge on any atom is -0.480 e. The van der Waals surface area contributed by atoms with Crippen molar-refractivity contribution in [1.29, 1.82) is 0 Å². The molecule has 2 heterocycles. The quantitative estimate of drug-likeness (QED) is 0.776. The molecule has 0 radical (unpaired) electrons. The zero-order valence-electron chi connectivity index (χ0n) is 14.2. The van der Waals surface area contributed by atoms with Gasteiger partial charge >= 0.3 is 0 Å². The molecule has 128 valence electrons.